The van der Waals surface area contributed by atoms with E-state index in [1.54, 1.807) is 30.3 Å². The topological polar surface area (TPSA) is 115 Å². The number of hydrogen-bond donors (Lipinski definition) is 2. The molecular weight excluding hydrogens is 340 g/mol. The molecule has 2 rings (SSSR count). The molecule has 0 spiro atoms. The molecule has 2 aromatic rings. The number of ketones is 1. The van der Waals surface area contributed by atoms with E-state index in [4.69, 9.17) is 9.15 Å². The zero-order valence-electron chi connectivity index (χ0n) is 14.3. The van der Waals surface area contributed by atoms with Crippen molar-refractivity contribution in [3.05, 3.63) is 54.0 Å². The monoisotopic (exact) mass is 358 g/mol. The summed E-state index contributed by atoms with van der Waals surface area (Å²) in [5, 5.41) is 4.94. The maximum atomic E-state index is 11.8. The van der Waals surface area contributed by atoms with Crippen molar-refractivity contribution >= 4 is 29.3 Å². The van der Waals surface area contributed by atoms with Gasteiger partial charge < -0.3 is 19.8 Å². The molecule has 2 N–H and O–H groups in total. The Kier molecular flexibility index (Phi) is 6.26. The van der Waals surface area contributed by atoms with Gasteiger partial charge in [0.25, 0.3) is 11.8 Å². The fraction of sp³-hybridized carbons (Fsp3) is 0.222. The van der Waals surface area contributed by atoms with E-state index < -0.39 is 30.4 Å². The molecule has 1 heterocycles. The number of rotatable bonds is 7. The standard InChI is InChI=1S/C18H18N2O6/c1-11(19-17(23)15-4-3-9-25-15)18(24)26-10-16(22)20-14-7-5-13(6-8-14)12(2)21/h3-9,11H,10H2,1-2H3,(H,19,23)(H,20,22)/t11-/m0/s1. The number of nitrogens with one attached hydrogen (secondary N) is 2. The van der Waals surface area contributed by atoms with Gasteiger partial charge in [-0.2, -0.15) is 0 Å². The van der Waals surface area contributed by atoms with E-state index in [-0.39, 0.29) is 11.5 Å². The molecule has 1 aromatic heterocycles. The van der Waals surface area contributed by atoms with E-state index in [1.165, 1.54) is 26.2 Å². The van der Waals surface area contributed by atoms with Crippen LogP contribution < -0.4 is 10.6 Å². The lowest BCUT2D eigenvalue weighted by Gasteiger charge is -2.12. The van der Waals surface area contributed by atoms with Gasteiger partial charge in [-0.1, -0.05) is 0 Å². The smallest absolute Gasteiger partial charge is 0.328 e. The van der Waals surface area contributed by atoms with Gasteiger partial charge in [-0.25, -0.2) is 4.79 Å². The van der Waals surface area contributed by atoms with Crippen LogP contribution in [0, 0.1) is 0 Å². The van der Waals surface area contributed by atoms with Crippen molar-refractivity contribution in [2.45, 2.75) is 19.9 Å². The molecule has 1 atom stereocenters. The minimum atomic E-state index is -0.949. The lowest BCUT2D eigenvalue weighted by atomic mass is 10.1. The summed E-state index contributed by atoms with van der Waals surface area (Å²) in [6.45, 7) is 2.37. The highest BCUT2D eigenvalue weighted by Crippen LogP contribution is 2.10. The second-order valence-corrected chi connectivity index (χ2v) is 5.46. The van der Waals surface area contributed by atoms with E-state index in [9.17, 15) is 19.2 Å². The lowest BCUT2D eigenvalue weighted by molar-refractivity contribution is -0.148. The van der Waals surface area contributed by atoms with E-state index >= 15 is 0 Å². The molecule has 0 bridgehead atoms. The molecule has 1 aromatic carbocycles. The summed E-state index contributed by atoms with van der Waals surface area (Å²) >= 11 is 0. The third kappa shape index (κ3) is 5.30. The summed E-state index contributed by atoms with van der Waals surface area (Å²) in [6.07, 6.45) is 1.34. The summed E-state index contributed by atoms with van der Waals surface area (Å²) in [4.78, 5) is 46.6. The summed E-state index contributed by atoms with van der Waals surface area (Å²) in [5.41, 5.74) is 0.991. The van der Waals surface area contributed by atoms with Gasteiger partial charge in [0, 0.05) is 11.3 Å². The quantitative estimate of drug-likeness (QED) is 0.576. The Balaban J connectivity index is 1.77. The minimum Gasteiger partial charge on any atom is -0.459 e. The first-order chi connectivity index (χ1) is 12.4. The van der Waals surface area contributed by atoms with Crippen LogP contribution in [0.4, 0.5) is 5.69 Å². The molecule has 0 aliphatic rings. The number of benzene rings is 1. The highest BCUT2D eigenvalue weighted by Gasteiger charge is 2.20. The molecule has 0 aliphatic heterocycles. The maximum Gasteiger partial charge on any atom is 0.328 e. The molecule has 8 heteroatoms. The summed E-state index contributed by atoms with van der Waals surface area (Å²) < 4.78 is 9.78. The Labute approximate surface area is 149 Å². The van der Waals surface area contributed by atoms with Gasteiger partial charge in [0.05, 0.1) is 6.26 Å². The molecule has 136 valence electrons. The number of carbonyl (C=O) groups excluding carboxylic acids is 4. The number of ether oxygens (including phenoxy) is 1. The molecule has 0 fully saturated rings. The van der Waals surface area contributed by atoms with E-state index in [0.717, 1.165) is 0 Å². The fourth-order valence-electron chi connectivity index (χ4n) is 1.98. The molecule has 0 radical (unpaired) electrons. The predicted octanol–water partition coefficient (Wildman–Crippen LogP) is 1.78. The third-order valence-electron chi connectivity index (χ3n) is 3.37. The van der Waals surface area contributed by atoms with Crippen LogP contribution >= 0.6 is 0 Å². The van der Waals surface area contributed by atoms with Crippen LogP contribution in [0.5, 0.6) is 0 Å². The van der Waals surface area contributed by atoms with E-state index in [0.29, 0.717) is 11.3 Å². The zero-order chi connectivity index (χ0) is 19.1. The van der Waals surface area contributed by atoms with Crippen LogP contribution in [0.15, 0.2) is 47.1 Å². The Hall–Kier alpha value is -3.42. The number of carbonyl (C=O) groups is 4. The number of esters is 1. The average molecular weight is 358 g/mol. The number of anilines is 1. The van der Waals surface area contributed by atoms with Gasteiger partial charge in [0.2, 0.25) is 0 Å². The Morgan fingerprint density at radius 3 is 2.38 bits per heavy atom. The van der Waals surface area contributed by atoms with E-state index in [2.05, 4.69) is 10.6 Å². The maximum absolute atomic E-state index is 11.8. The van der Waals surface area contributed by atoms with Crippen LogP contribution in [-0.4, -0.2) is 36.2 Å². The summed E-state index contributed by atoms with van der Waals surface area (Å²) in [5.74, 6) is -1.88. The zero-order valence-corrected chi connectivity index (χ0v) is 14.3. The van der Waals surface area contributed by atoms with Gasteiger partial charge in [0.15, 0.2) is 18.2 Å². The second-order valence-electron chi connectivity index (χ2n) is 5.46. The minimum absolute atomic E-state index is 0.0661. The molecule has 0 saturated heterocycles. The van der Waals surface area contributed by atoms with Gasteiger partial charge in [-0.3, -0.25) is 14.4 Å². The molecule has 0 aliphatic carbocycles. The Bertz CT molecular complexity index is 796. The van der Waals surface area contributed by atoms with Crippen LogP contribution in [0.25, 0.3) is 0 Å². The first kappa shape index (κ1) is 18.9. The molecule has 26 heavy (non-hydrogen) atoms. The van der Waals surface area contributed by atoms with Gasteiger partial charge in [0.1, 0.15) is 6.04 Å². The molecular formula is C18H18N2O6. The first-order valence-corrected chi connectivity index (χ1v) is 7.78. The molecule has 0 saturated carbocycles. The molecule has 2 amide bonds. The van der Waals surface area contributed by atoms with Crippen molar-refractivity contribution in [1.82, 2.24) is 5.32 Å². The first-order valence-electron chi connectivity index (χ1n) is 7.78. The van der Waals surface area contributed by atoms with Crippen molar-refractivity contribution in [1.29, 1.82) is 0 Å². The van der Waals surface area contributed by atoms with Crippen LogP contribution in [0.2, 0.25) is 0 Å². The fourth-order valence-corrected chi connectivity index (χ4v) is 1.98. The highest BCUT2D eigenvalue weighted by atomic mass is 16.5. The molecule has 8 nitrogen and oxygen atoms in total. The van der Waals surface area contributed by atoms with Crippen molar-refractivity contribution in [2.75, 3.05) is 11.9 Å². The summed E-state index contributed by atoms with van der Waals surface area (Å²) in [6, 6.07) is 8.36. The predicted molar refractivity (Wildman–Crippen MR) is 91.7 cm³/mol. The number of furan rings is 1. The highest BCUT2D eigenvalue weighted by molar-refractivity contribution is 5.97. The number of Topliss-reactive ketones (excluding diaryl/α,β-unsaturated/α-hetero) is 1. The lowest BCUT2D eigenvalue weighted by Crippen LogP contribution is -2.40. The van der Waals surface area contributed by atoms with Crippen molar-refractivity contribution < 1.29 is 28.3 Å². The van der Waals surface area contributed by atoms with Gasteiger partial charge in [-0.05, 0) is 50.2 Å². The Morgan fingerprint density at radius 2 is 1.81 bits per heavy atom. The van der Waals surface area contributed by atoms with Crippen LogP contribution in [0.1, 0.15) is 34.8 Å². The largest absolute Gasteiger partial charge is 0.459 e. The van der Waals surface area contributed by atoms with Crippen LogP contribution in [0.3, 0.4) is 0 Å². The SMILES string of the molecule is CC(=O)c1ccc(NC(=O)COC(=O)[C@H](C)NC(=O)c2ccco2)cc1. The second kappa shape index (κ2) is 8.61. The third-order valence-corrected chi connectivity index (χ3v) is 3.37. The number of amides is 2. The Morgan fingerprint density at radius 1 is 1.12 bits per heavy atom. The van der Waals surface area contributed by atoms with Crippen molar-refractivity contribution in [3.63, 3.8) is 0 Å². The van der Waals surface area contributed by atoms with Gasteiger partial charge in [-0.15, -0.1) is 0 Å². The molecule has 0 unspecified atom stereocenters. The van der Waals surface area contributed by atoms with Gasteiger partial charge >= 0.3 is 5.97 Å². The average Bonchev–Trinajstić information content (AvgIpc) is 3.14. The van der Waals surface area contributed by atoms with Crippen LogP contribution in [-0.2, 0) is 14.3 Å². The normalized spacial score (nSPS) is 11.3. The number of hydrogen-bond acceptors (Lipinski definition) is 6. The van der Waals surface area contributed by atoms with Crippen molar-refractivity contribution in [3.8, 4) is 0 Å². The van der Waals surface area contributed by atoms with Crippen molar-refractivity contribution in [2.24, 2.45) is 0 Å². The summed E-state index contributed by atoms with van der Waals surface area (Å²) in [7, 11) is 0. The van der Waals surface area contributed by atoms with E-state index in [1.807, 2.05) is 0 Å².